The summed E-state index contributed by atoms with van der Waals surface area (Å²) in [7, 11) is 0. The van der Waals surface area contributed by atoms with E-state index in [4.69, 9.17) is 9.47 Å². The van der Waals surface area contributed by atoms with Crippen molar-refractivity contribution in [2.24, 2.45) is 5.41 Å². The number of benzene rings is 2. The van der Waals surface area contributed by atoms with Gasteiger partial charge in [-0.25, -0.2) is 4.39 Å². The summed E-state index contributed by atoms with van der Waals surface area (Å²) in [5.74, 6) is -0.398. The molecule has 1 unspecified atom stereocenters. The highest BCUT2D eigenvalue weighted by atomic mass is 19.1. The Balaban J connectivity index is 1.62. The fourth-order valence-electron chi connectivity index (χ4n) is 4.92. The van der Waals surface area contributed by atoms with Crippen LogP contribution in [0.25, 0.3) is 0 Å². The molecule has 2 N–H and O–H groups in total. The van der Waals surface area contributed by atoms with Gasteiger partial charge in [0.15, 0.2) is 17.3 Å². The van der Waals surface area contributed by atoms with Gasteiger partial charge < -0.3 is 20.1 Å². The highest BCUT2D eigenvalue weighted by Crippen LogP contribution is 2.48. The zero-order valence-corrected chi connectivity index (χ0v) is 18.8. The van der Waals surface area contributed by atoms with Crippen LogP contribution >= 0.6 is 0 Å². The van der Waals surface area contributed by atoms with Crippen LogP contribution in [0.5, 0.6) is 11.5 Å². The van der Waals surface area contributed by atoms with E-state index >= 15 is 0 Å². The van der Waals surface area contributed by atoms with Gasteiger partial charge in [0.05, 0.1) is 5.69 Å². The number of Topliss-reactive ketones (excluding diaryl/α,β-unsaturated/α-hetero) is 1. The summed E-state index contributed by atoms with van der Waals surface area (Å²) < 4.78 is 25.3. The molecular formula is C26H25FN2O4. The molecule has 7 heteroatoms. The minimum Gasteiger partial charge on any atom is -0.454 e. The monoisotopic (exact) mass is 448 g/mol. The van der Waals surface area contributed by atoms with Crippen LogP contribution in [0.4, 0.5) is 10.1 Å². The van der Waals surface area contributed by atoms with Crippen LogP contribution in [0.3, 0.4) is 0 Å². The maximum atomic E-state index is 14.3. The highest BCUT2D eigenvalue weighted by molar-refractivity contribution is 6.10. The van der Waals surface area contributed by atoms with Crippen molar-refractivity contribution in [2.45, 2.75) is 39.5 Å². The molecule has 0 radical (unpaired) electrons. The van der Waals surface area contributed by atoms with Gasteiger partial charge in [0.25, 0.3) is 5.91 Å². The van der Waals surface area contributed by atoms with E-state index < -0.39 is 17.6 Å². The molecule has 0 fully saturated rings. The lowest BCUT2D eigenvalue weighted by Gasteiger charge is -2.39. The standard InChI is InChI=1S/C26H25FN2O4/c1-14-22(25(31)29-17-7-5-4-6-16(17)27)23(15-8-9-20-21(10-15)33-13-32-20)24-18(28-14)11-26(2,3)12-19(24)30/h4-10,23,28H,11-13H2,1-3H3,(H,29,31). The van der Waals surface area contributed by atoms with E-state index in [2.05, 4.69) is 24.5 Å². The molecule has 2 aromatic carbocycles. The molecule has 2 aliphatic heterocycles. The Morgan fingerprint density at radius 2 is 1.88 bits per heavy atom. The molecule has 0 spiro atoms. The zero-order valence-electron chi connectivity index (χ0n) is 18.8. The third-order valence-corrected chi connectivity index (χ3v) is 6.34. The topological polar surface area (TPSA) is 76.7 Å². The highest BCUT2D eigenvalue weighted by Gasteiger charge is 2.43. The summed E-state index contributed by atoms with van der Waals surface area (Å²) >= 11 is 0. The quantitative estimate of drug-likeness (QED) is 0.706. The van der Waals surface area contributed by atoms with Crippen molar-refractivity contribution in [1.29, 1.82) is 0 Å². The van der Waals surface area contributed by atoms with Crippen LogP contribution < -0.4 is 20.1 Å². The first-order chi connectivity index (χ1) is 15.7. The summed E-state index contributed by atoms with van der Waals surface area (Å²) in [6.45, 7) is 6.06. The van der Waals surface area contributed by atoms with E-state index in [-0.39, 0.29) is 23.7 Å². The van der Waals surface area contributed by atoms with Gasteiger partial charge in [-0.05, 0) is 48.6 Å². The fourth-order valence-corrected chi connectivity index (χ4v) is 4.92. The lowest BCUT2D eigenvalue weighted by atomic mass is 9.68. The zero-order chi connectivity index (χ0) is 23.3. The molecule has 0 aromatic heterocycles. The number of ether oxygens (including phenoxy) is 2. The number of nitrogens with one attached hydrogen (secondary N) is 2. The molecule has 5 rings (SSSR count). The summed E-state index contributed by atoms with van der Waals surface area (Å²) in [6.07, 6.45) is 1.07. The second kappa shape index (κ2) is 7.76. The number of carbonyl (C=O) groups excluding carboxylic acids is 2. The number of carbonyl (C=O) groups is 2. The molecule has 0 saturated heterocycles. The summed E-state index contributed by atoms with van der Waals surface area (Å²) in [5.41, 5.74) is 3.08. The SMILES string of the molecule is CC1=C(C(=O)Nc2ccccc2F)C(c2ccc3c(c2)OCO3)C2=C(CC(C)(C)CC2=O)N1. The van der Waals surface area contributed by atoms with Crippen LogP contribution in [-0.2, 0) is 9.59 Å². The number of hydrogen-bond acceptors (Lipinski definition) is 5. The predicted molar refractivity (Wildman–Crippen MR) is 121 cm³/mol. The summed E-state index contributed by atoms with van der Waals surface area (Å²) in [4.78, 5) is 26.9. The van der Waals surface area contributed by atoms with Crippen LogP contribution in [0.1, 0.15) is 45.1 Å². The number of hydrogen-bond donors (Lipinski definition) is 2. The largest absolute Gasteiger partial charge is 0.454 e. The number of anilines is 1. The summed E-state index contributed by atoms with van der Waals surface area (Å²) in [6, 6.07) is 11.5. The van der Waals surface area contributed by atoms with Crippen LogP contribution in [0, 0.1) is 11.2 Å². The van der Waals surface area contributed by atoms with Gasteiger partial charge in [0.2, 0.25) is 6.79 Å². The van der Waals surface area contributed by atoms with Crippen molar-refractivity contribution in [3.63, 3.8) is 0 Å². The fraction of sp³-hybridized carbons (Fsp3) is 0.308. The van der Waals surface area contributed by atoms with Gasteiger partial charge in [-0.15, -0.1) is 0 Å². The molecular weight excluding hydrogens is 423 g/mol. The predicted octanol–water partition coefficient (Wildman–Crippen LogP) is 4.80. The number of halogens is 1. The number of amides is 1. The van der Waals surface area contributed by atoms with Gasteiger partial charge >= 0.3 is 0 Å². The number of rotatable bonds is 3. The second-order valence-electron chi connectivity index (χ2n) is 9.48. The number of dihydropyridines is 1. The minimum absolute atomic E-state index is 0.000100. The van der Waals surface area contributed by atoms with Gasteiger partial charge in [-0.3, -0.25) is 9.59 Å². The van der Waals surface area contributed by atoms with Crippen molar-refractivity contribution in [3.8, 4) is 11.5 Å². The lowest BCUT2D eigenvalue weighted by Crippen LogP contribution is -2.39. The molecule has 3 aliphatic rings. The summed E-state index contributed by atoms with van der Waals surface area (Å²) in [5, 5.41) is 6.00. The first-order valence-electron chi connectivity index (χ1n) is 10.9. The number of ketones is 1. The molecule has 1 aliphatic carbocycles. The maximum Gasteiger partial charge on any atom is 0.254 e. The van der Waals surface area contributed by atoms with Gasteiger partial charge in [-0.2, -0.15) is 0 Å². The Hall–Kier alpha value is -3.61. The van der Waals surface area contributed by atoms with Crippen molar-refractivity contribution in [3.05, 3.63) is 76.4 Å². The number of allylic oxidation sites excluding steroid dienone is 3. The lowest BCUT2D eigenvalue weighted by molar-refractivity contribution is -0.118. The Kier molecular flexibility index (Phi) is 5.00. The van der Waals surface area contributed by atoms with Crippen LogP contribution in [-0.4, -0.2) is 18.5 Å². The first-order valence-corrected chi connectivity index (χ1v) is 10.9. The third kappa shape index (κ3) is 3.77. The Labute approximate surface area is 191 Å². The Morgan fingerprint density at radius 1 is 1.12 bits per heavy atom. The normalized spacial score (nSPS) is 21.0. The van der Waals surface area contributed by atoms with E-state index in [1.165, 1.54) is 12.1 Å². The van der Waals surface area contributed by atoms with Crippen molar-refractivity contribution in [2.75, 3.05) is 12.1 Å². The molecule has 2 heterocycles. The van der Waals surface area contributed by atoms with E-state index in [1.807, 2.05) is 19.1 Å². The Bertz CT molecular complexity index is 1240. The number of para-hydroxylation sites is 1. The molecule has 1 amide bonds. The van der Waals surface area contributed by atoms with Crippen molar-refractivity contribution < 1.29 is 23.5 Å². The number of fused-ring (bicyclic) bond motifs is 1. The first kappa shape index (κ1) is 21.2. The molecule has 2 aromatic rings. The smallest absolute Gasteiger partial charge is 0.254 e. The maximum absolute atomic E-state index is 14.3. The van der Waals surface area contributed by atoms with Gasteiger partial charge in [-0.1, -0.05) is 32.0 Å². The molecule has 0 saturated carbocycles. The Morgan fingerprint density at radius 3 is 2.67 bits per heavy atom. The third-order valence-electron chi connectivity index (χ3n) is 6.34. The van der Waals surface area contributed by atoms with Gasteiger partial charge in [0.1, 0.15) is 5.82 Å². The van der Waals surface area contributed by atoms with E-state index in [9.17, 15) is 14.0 Å². The van der Waals surface area contributed by atoms with E-state index in [0.29, 0.717) is 41.2 Å². The van der Waals surface area contributed by atoms with Crippen LogP contribution in [0.15, 0.2) is 65.0 Å². The van der Waals surface area contributed by atoms with Crippen molar-refractivity contribution in [1.82, 2.24) is 5.32 Å². The molecule has 33 heavy (non-hydrogen) atoms. The molecule has 0 bridgehead atoms. The van der Waals surface area contributed by atoms with Crippen molar-refractivity contribution >= 4 is 17.4 Å². The van der Waals surface area contributed by atoms with E-state index in [1.54, 1.807) is 18.2 Å². The van der Waals surface area contributed by atoms with Crippen LogP contribution in [0.2, 0.25) is 0 Å². The minimum atomic E-state index is -0.605. The molecule has 170 valence electrons. The van der Waals surface area contributed by atoms with Gasteiger partial charge in [0, 0.05) is 34.9 Å². The average molecular weight is 448 g/mol. The average Bonchev–Trinajstić information content (AvgIpc) is 3.21. The molecule has 6 nitrogen and oxygen atoms in total. The van der Waals surface area contributed by atoms with E-state index in [0.717, 1.165) is 11.3 Å². The second-order valence-corrected chi connectivity index (χ2v) is 9.48. The molecule has 1 atom stereocenters.